The average molecular weight is 308 g/mol. The molecule has 0 amide bonds. The molecule has 1 aliphatic rings. The van der Waals surface area contributed by atoms with Gasteiger partial charge < -0.3 is 10.1 Å². The van der Waals surface area contributed by atoms with E-state index in [4.69, 9.17) is 4.74 Å². The molecule has 1 aliphatic carbocycles. The van der Waals surface area contributed by atoms with Gasteiger partial charge in [0, 0.05) is 12.5 Å². The molecule has 1 N–H and O–H groups in total. The Hall–Kier alpha value is -1.92. The summed E-state index contributed by atoms with van der Waals surface area (Å²) in [6.45, 7) is 8.50. The van der Waals surface area contributed by atoms with Crippen molar-refractivity contribution in [1.82, 2.24) is 9.97 Å². The molecule has 0 spiro atoms. The molecular weight excluding hydrogens is 284 g/mol. The summed E-state index contributed by atoms with van der Waals surface area (Å²) in [5.41, 5.74) is -0.153. The van der Waals surface area contributed by atoms with E-state index in [2.05, 4.69) is 29.1 Å². The smallest absolute Gasteiger partial charge is 0.372 e. The van der Waals surface area contributed by atoms with Gasteiger partial charge in [-0.25, -0.2) is 4.98 Å². The van der Waals surface area contributed by atoms with E-state index in [0.717, 1.165) is 12.8 Å². The topological polar surface area (TPSA) is 90.2 Å². The second kappa shape index (κ2) is 6.89. The zero-order valence-electron chi connectivity index (χ0n) is 13.6. The van der Waals surface area contributed by atoms with E-state index in [1.54, 1.807) is 0 Å². The maximum absolute atomic E-state index is 11.4. The Bertz CT molecular complexity index is 542. The fourth-order valence-corrected chi connectivity index (χ4v) is 1.97. The Labute approximate surface area is 130 Å². The largest absolute Gasteiger partial charge is 0.472 e. The van der Waals surface area contributed by atoms with Crippen LogP contribution in [0.4, 0.5) is 11.5 Å². The molecule has 0 aromatic carbocycles. The molecule has 1 aromatic heterocycles. The van der Waals surface area contributed by atoms with Crippen molar-refractivity contribution >= 4 is 11.5 Å². The summed E-state index contributed by atoms with van der Waals surface area (Å²) in [6, 6.07) is 0.276. The van der Waals surface area contributed by atoms with Gasteiger partial charge in [-0.15, -0.1) is 0 Å². The molecule has 1 fully saturated rings. The number of rotatable bonds is 8. The van der Waals surface area contributed by atoms with Gasteiger partial charge in [-0.2, -0.15) is 4.98 Å². The molecule has 0 radical (unpaired) electrons. The van der Waals surface area contributed by atoms with Crippen molar-refractivity contribution in [3.05, 3.63) is 15.9 Å². The molecule has 0 bridgehead atoms. The first-order valence-corrected chi connectivity index (χ1v) is 7.81. The van der Waals surface area contributed by atoms with E-state index in [-0.39, 0.29) is 29.3 Å². The second-order valence-corrected chi connectivity index (χ2v) is 6.62. The molecule has 0 unspecified atom stereocenters. The maximum Gasteiger partial charge on any atom is 0.372 e. The number of aromatic nitrogens is 2. The molecule has 7 nitrogen and oxygen atoms in total. The number of hydrogen-bond donors (Lipinski definition) is 1. The zero-order chi connectivity index (χ0) is 16.3. The Morgan fingerprint density at radius 2 is 1.95 bits per heavy atom. The SMILES string of the molecule is CC(C)COc1nc(CC(C)C)nc(NC2CC2)c1[N+](=O)[O-]. The molecular formula is C15H24N4O3. The van der Waals surface area contributed by atoms with E-state index in [1.165, 1.54) is 0 Å². The molecule has 1 aromatic rings. The number of ether oxygens (including phenoxy) is 1. The zero-order valence-corrected chi connectivity index (χ0v) is 13.6. The normalized spacial score (nSPS) is 14.5. The van der Waals surface area contributed by atoms with Crippen molar-refractivity contribution in [3.63, 3.8) is 0 Å². The molecule has 7 heteroatoms. The fourth-order valence-electron chi connectivity index (χ4n) is 1.97. The number of nitro groups is 1. The maximum atomic E-state index is 11.4. The average Bonchev–Trinajstić information content (AvgIpc) is 3.18. The van der Waals surface area contributed by atoms with Crippen LogP contribution in [0.1, 0.15) is 46.4 Å². The van der Waals surface area contributed by atoms with Crippen LogP contribution in [0.15, 0.2) is 0 Å². The number of nitrogens with one attached hydrogen (secondary N) is 1. The highest BCUT2D eigenvalue weighted by Crippen LogP contribution is 2.35. The van der Waals surface area contributed by atoms with Crippen LogP contribution >= 0.6 is 0 Å². The van der Waals surface area contributed by atoms with E-state index < -0.39 is 4.92 Å². The van der Waals surface area contributed by atoms with Crippen LogP contribution in [-0.2, 0) is 6.42 Å². The minimum absolute atomic E-state index is 0.0764. The van der Waals surface area contributed by atoms with Crippen molar-refractivity contribution < 1.29 is 9.66 Å². The second-order valence-electron chi connectivity index (χ2n) is 6.62. The first kappa shape index (κ1) is 16.5. The lowest BCUT2D eigenvalue weighted by Gasteiger charge is -2.13. The molecule has 1 saturated carbocycles. The summed E-state index contributed by atoms with van der Waals surface area (Å²) < 4.78 is 5.59. The van der Waals surface area contributed by atoms with E-state index in [9.17, 15) is 10.1 Å². The standard InChI is InChI=1S/C15H24N4O3/c1-9(2)7-12-17-14(16-11-5-6-11)13(19(20)21)15(18-12)22-8-10(3)4/h9-11H,5-8H2,1-4H3,(H,16,17,18). The van der Waals surface area contributed by atoms with Crippen molar-refractivity contribution in [3.8, 4) is 5.88 Å². The Balaban J connectivity index is 2.37. The number of hydrogen-bond acceptors (Lipinski definition) is 6. The first-order chi connectivity index (χ1) is 10.4. The summed E-state index contributed by atoms with van der Waals surface area (Å²) in [7, 11) is 0. The lowest BCUT2D eigenvalue weighted by atomic mass is 10.1. The number of nitrogens with zero attached hydrogens (tertiary/aromatic N) is 3. The van der Waals surface area contributed by atoms with Crippen molar-refractivity contribution in [2.24, 2.45) is 11.8 Å². The van der Waals surface area contributed by atoms with E-state index in [1.807, 2.05) is 13.8 Å². The van der Waals surface area contributed by atoms with Crippen LogP contribution in [0.3, 0.4) is 0 Å². The molecule has 22 heavy (non-hydrogen) atoms. The van der Waals surface area contributed by atoms with Gasteiger partial charge in [0.2, 0.25) is 5.82 Å². The number of anilines is 1. The quantitative estimate of drug-likeness (QED) is 0.586. The third-order valence-electron chi connectivity index (χ3n) is 3.14. The predicted molar refractivity (Wildman–Crippen MR) is 84.2 cm³/mol. The first-order valence-electron chi connectivity index (χ1n) is 7.81. The molecule has 1 heterocycles. The molecule has 0 saturated heterocycles. The van der Waals surface area contributed by atoms with Crippen LogP contribution in [-0.4, -0.2) is 27.5 Å². The van der Waals surface area contributed by atoms with Crippen molar-refractivity contribution in [1.29, 1.82) is 0 Å². The highest BCUT2D eigenvalue weighted by Gasteiger charge is 2.31. The summed E-state index contributed by atoms with van der Waals surface area (Å²) in [5, 5.41) is 14.6. The highest BCUT2D eigenvalue weighted by molar-refractivity contribution is 5.62. The molecule has 0 atom stereocenters. The fraction of sp³-hybridized carbons (Fsp3) is 0.733. The van der Waals surface area contributed by atoms with Gasteiger partial charge in [-0.3, -0.25) is 10.1 Å². The Morgan fingerprint density at radius 3 is 2.45 bits per heavy atom. The van der Waals surface area contributed by atoms with Gasteiger partial charge in [0.1, 0.15) is 5.82 Å². The van der Waals surface area contributed by atoms with Gasteiger partial charge in [-0.05, 0) is 24.7 Å². The monoisotopic (exact) mass is 308 g/mol. The van der Waals surface area contributed by atoms with E-state index in [0.29, 0.717) is 24.8 Å². The summed E-state index contributed by atoms with van der Waals surface area (Å²) in [4.78, 5) is 19.6. The Morgan fingerprint density at radius 1 is 1.27 bits per heavy atom. The molecule has 0 aliphatic heterocycles. The molecule has 122 valence electrons. The highest BCUT2D eigenvalue weighted by atomic mass is 16.6. The lowest BCUT2D eigenvalue weighted by molar-refractivity contribution is -0.385. The van der Waals surface area contributed by atoms with Gasteiger partial charge >= 0.3 is 5.69 Å². The van der Waals surface area contributed by atoms with Crippen LogP contribution < -0.4 is 10.1 Å². The van der Waals surface area contributed by atoms with Crippen molar-refractivity contribution in [2.75, 3.05) is 11.9 Å². The van der Waals surface area contributed by atoms with E-state index >= 15 is 0 Å². The lowest BCUT2D eigenvalue weighted by Crippen LogP contribution is -2.14. The van der Waals surface area contributed by atoms with Crippen molar-refractivity contribution in [2.45, 2.75) is 53.0 Å². The van der Waals surface area contributed by atoms with Crippen LogP contribution in [0.5, 0.6) is 5.88 Å². The van der Waals surface area contributed by atoms with Crippen LogP contribution in [0.25, 0.3) is 0 Å². The molecule has 2 rings (SSSR count). The van der Waals surface area contributed by atoms with Gasteiger partial charge in [-0.1, -0.05) is 27.7 Å². The minimum Gasteiger partial charge on any atom is -0.472 e. The third-order valence-corrected chi connectivity index (χ3v) is 3.14. The van der Waals surface area contributed by atoms with Gasteiger partial charge in [0.05, 0.1) is 11.5 Å². The summed E-state index contributed by atoms with van der Waals surface area (Å²) >= 11 is 0. The summed E-state index contributed by atoms with van der Waals surface area (Å²) in [6.07, 6.45) is 2.70. The predicted octanol–water partition coefficient (Wildman–Crippen LogP) is 3.19. The minimum atomic E-state index is -0.459. The summed E-state index contributed by atoms with van der Waals surface area (Å²) in [5.74, 6) is 1.59. The Kier molecular flexibility index (Phi) is 5.15. The van der Waals surface area contributed by atoms with Crippen LogP contribution in [0.2, 0.25) is 0 Å². The third kappa shape index (κ3) is 4.54. The van der Waals surface area contributed by atoms with Crippen LogP contribution in [0, 0.1) is 22.0 Å². The van der Waals surface area contributed by atoms with Gasteiger partial charge in [0.25, 0.3) is 5.88 Å². The van der Waals surface area contributed by atoms with Gasteiger partial charge in [0.15, 0.2) is 0 Å².